The summed E-state index contributed by atoms with van der Waals surface area (Å²) in [6.07, 6.45) is 6.71. The van der Waals surface area contributed by atoms with E-state index < -0.39 is 0 Å². The molecule has 21 heavy (non-hydrogen) atoms. The molecule has 0 spiro atoms. The number of likely N-dealkylation sites (N-methyl/N-ethyl adjacent to an activating group) is 1. The third kappa shape index (κ3) is 9.55. The Morgan fingerprint density at radius 1 is 1.24 bits per heavy atom. The maximum absolute atomic E-state index is 4.62. The largest absolute Gasteiger partial charge is 0.357 e. The molecule has 0 radical (unpaired) electrons. The smallest absolute Gasteiger partial charge is 0.191 e. The van der Waals surface area contributed by atoms with Crippen LogP contribution in [0.2, 0.25) is 0 Å². The molecule has 5 heteroatoms. The zero-order valence-corrected chi connectivity index (χ0v) is 16.7. The van der Waals surface area contributed by atoms with Crippen LogP contribution >= 0.6 is 24.0 Å². The van der Waals surface area contributed by atoms with E-state index in [1.165, 1.54) is 25.7 Å². The highest BCUT2D eigenvalue weighted by Gasteiger charge is 2.18. The number of rotatable bonds is 8. The maximum Gasteiger partial charge on any atom is 0.191 e. The second kappa shape index (κ2) is 12.5. The van der Waals surface area contributed by atoms with Crippen molar-refractivity contribution in [2.24, 2.45) is 10.9 Å². The molecule has 0 aromatic heterocycles. The molecule has 1 saturated carbocycles. The van der Waals surface area contributed by atoms with Crippen LogP contribution in [0.4, 0.5) is 0 Å². The fourth-order valence-corrected chi connectivity index (χ4v) is 2.65. The van der Waals surface area contributed by atoms with Gasteiger partial charge in [0.1, 0.15) is 0 Å². The van der Waals surface area contributed by atoms with Crippen molar-refractivity contribution in [3.8, 4) is 0 Å². The molecule has 1 rings (SSSR count). The van der Waals surface area contributed by atoms with Crippen LogP contribution in [-0.4, -0.2) is 50.1 Å². The summed E-state index contributed by atoms with van der Waals surface area (Å²) in [4.78, 5) is 7.12. The molecular weight excluding hydrogens is 375 g/mol. The number of hydrogen-bond donors (Lipinski definition) is 2. The summed E-state index contributed by atoms with van der Waals surface area (Å²) in [7, 11) is 2.25. The average Bonchev–Trinajstić information content (AvgIpc) is 2.92. The highest BCUT2D eigenvalue weighted by atomic mass is 127. The quantitative estimate of drug-likeness (QED) is 0.367. The Kier molecular flexibility index (Phi) is 12.5. The van der Waals surface area contributed by atoms with Gasteiger partial charge in [-0.1, -0.05) is 26.7 Å². The molecule has 0 atom stereocenters. The van der Waals surface area contributed by atoms with Crippen molar-refractivity contribution in [2.75, 3.05) is 33.2 Å². The standard InChI is InChI=1S/C16H34N4.HI/c1-5-17-16(18-11-10-14(2)3)19-12-13-20(4)15-8-6-7-9-15;/h14-15H,5-13H2,1-4H3,(H2,17,18,19);1H. The summed E-state index contributed by atoms with van der Waals surface area (Å²) in [5.74, 6) is 1.68. The van der Waals surface area contributed by atoms with E-state index in [0.29, 0.717) is 0 Å². The first-order valence-electron chi connectivity index (χ1n) is 8.36. The number of nitrogens with zero attached hydrogens (tertiary/aromatic N) is 2. The third-order valence-electron chi connectivity index (χ3n) is 4.03. The molecule has 0 aromatic carbocycles. The average molecular weight is 410 g/mol. The van der Waals surface area contributed by atoms with Gasteiger partial charge in [0.05, 0.1) is 0 Å². The molecule has 1 aliphatic rings. The van der Waals surface area contributed by atoms with Crippen LogP contribution in [0.15, 0.2) is 4.99 Å². The van der Waals surface area contributed by atoms with Gasteiger partial charge in [-0.15, -0.1) is 24.0 Å². The molecule has 0 saturated heterocycles. The first-order chi connectivity index (χ1) is 9.63. The molecule has 0 aliphatic heterocycles. The van der Waals surface area contributed by atoms with Crippen molar-refractivity contribution in [3.05, 3.63) is 0 Å². The number of aliphatic imine (C=N–C) groups is 1. The maximum atomic E-state index is 4.62. The van der Waals surface area contributed by atoms with E-state index in [4.69, 9.17) is 0 Å². The van der Waals surface area contributed by atoms with E-state index in [1.807, 2.05) is 0 Å². The van der Waals surface area contributed by atoms with Gasteiger partial charge < -0.3 is 15.5 Å². The van der Waals surface area contributed by atoms with Crippen LogP contribution in [-0.2, 0) is 0 Å². The zero-order valence-electron chi connectivity index (χ0n) is 14.3. The lowest BCUT2D eigenvalue weighted by Crippen LogP contribution is -2.42. The summed E-state index contributed by atoms with van der Waals surface area (Å²) >= 11 is 0. The van der Waals surface area contributed by atoms with Gasteiger partial charge in [-0.2, -0.15) is 0 Å². The van der Waals surface area contributed by atoms with Gasteiger partial charge in [0, 0.05) is 32.2 Å². The normalized spacial score (nSPS) is 16.4. The van der Waals surface area contributed by atoms with Crippen molar-refractivity contribution >= 4 is 29.9 Å². The topological polar surface area (TPSA) is 39.7 Å². The molecule has 4 nitrogen and oxygen atoms in total. The first-order valence-corrected chi connectivity index (χ1v) is 8.36. The monoisotopic (exact) mass is 410 g/mol. The van der Waals surface area contributed by atoms with Crippen molar-refractivity contribution in [1.29, 1.82) is 0 Å². The van der Waals surface area contributed by atoms with E-state index in [-0.39, 0.29) is 24.0 Å². The van der Waals surface area contributed by atoms with Gasteiger partial charge >= 0.3 is 0 Å². The predicted molar refractivity (Wildman–Crippen MR) is 104 cm³/mol. The Morgan fingerprint density at radius 2 is 1.90 bits per heavy atom. The molecule has 0 bridgehead atoms. The van der Waals surface area contributed by atoms with Gasteiger partial charge in [-0.05, 0) is 39.2 Å². The van der Waals surface area contributed by atoms with Crippen LogP contribution in [0.3, 0.4) is 0 Å². The predicted octanol–water partition coefficient (Wildman–Crippen LogP) is 3.08. The lowest BCUT2D eigenvalue weighted by Gasteiger charge is -2.24. The second-order valence-electron chi connectivity index (χ2n) is 6.29. The fraction of sp³-hybridized carbons (Fsp3) is 0.938. The lowest BCUT2D eigenvalue weighted by molar-refractivity contribution is 0.249. The molecular formula is C16H35IN4. The molecule has 126 valence electrons. The number of nitrogens with one attached hydrogen (secondary N) is 2. The second-order valence-corrected chi connectivity index (χ2v) is 6.29. The van der Waals surface area contributed by atoms with Crippen molar-refractivity contribution in [2.45, 2.75) is 58.9 Å². The molecule has 1 fully saturated rings. The van der Waals surface area contributed by atoms with E-state index in [1.54, 1.807) is 0 Å². The SMILES string of the molecule is CCNC(=NCCC(C)C)NCCN(C)C1CCCC1.I. The van der Waals surface area contributed by atoms with Gasteiger partial charge in [0.2, 0.25) is 0 Å². The van der Waals surface area contributed by atoms with Crippen molar-refractivity contribution in [1.82, 2.24) is 15.5 Å². The van der Waals surface area contributed by atoms with Crippen LogP contribution in [0.25, 0.3) is 0 Å². The highest BCUT2D eigenvalue weighted by Crippen LogP contribution is 2.21. The lowest BCUT2D eigenvalue weighted by atomic mass is 10.1. The summed E-state index contributed by atoms with van der Waals surface area (Å²) in [5.41, 5.74) is 0. The fourth-order valence-electron chi connectivity index (χ4n) is 2.65. The minimum atomic E-state index is 0. The number of hydrogen-bond acceptors (Lipinski definition) is 2. The Balaban J connectivity index is 0.00000400. The summed E-state index contributed by atoms with van der Waals surface area (Å²) < 4.78 is 0. The number of halogens is 1. The van der Waals surface area contributed by atoms with Crippen molar-refractivity contribution in [3.63, 3.8) is 0 Å². The van der Waals surface area contributed by atoms with Gasteiger partial charge in [-0.25, -0.2) is 0 Å². The van der Waals surface area contributed by atoms with Gasteiger partial charge in [-0.3, -0.25) is 4.99 Å². The third-order valence-corrected chi connectivity index (χ3v) is 4.03. The van der Waals surface area contributed by atoms with Gasteiger partial charge in [0.15, 0.2) is 5.96 Å². The minimum absolute atomic E-state index is 0. The van der Waals surface area contributed by atoms with Crippen LogP contribution in [0.5, 0.6) is 0 Å². The molecule has 0 unspecified atom stereocenters. The summed E-state index contributed by atoms with van der Waals surface area (Å²) in [6, 6.07) is 0.803. The Morgan fingerprint density at radius 3 is 2.48 bits per heavy atom. The number of guanidine groups is 1. The van der Waals surface area contributed by atoms with Crippen LogP contribution in [0.1, 0.15) is 52.9 Å². The first kappa shape index (κ1) is 21.0. The van der Waals surface area contributed by atoms with E-state index >= 15 is 0 Å². The summed E-state index contributed by atoms with van der Waals surface area (Å²) in [5, 5.41) is 6.77. The summed E-state index contributed by atoms with van der Waals surface area (Å²) in [6.45, 7) is 10.5. The Hall–Kier alpha value is -0.0400. The zero-order chi connectivity index (χ0) is 14.8. The molecule has 0 aromatic rings. The van der Waals surface area contributed by atoms with Crippen LogP contribution in [0, 0.1) is 5.92 Å². The van der Waals surface area contributed by atoms with Crippen LogP contribution < -0.4 is 10.6 Å². The Bertz CT molecular complexity index is 275. The van der Waals surface area contributed by atoms with E-state index in [9.17, 15) is 0 Å². The van der Waals surface area contributed by atoms with Gasteiger partial charge in [0.25, 0.3) is 0 Å². The minimum Gasteiger partial charge on any atom is -0.357 e. The molecule has 2 N–H and O–H groups in total. The molecule has 1 aliphatic carbocycles. The van der Waals surface area contributed by atoms with Crippen molar-refractivity contribution < 1.29 is 0 Å². The Labute approximate surface area is 148 Å². The molecule has 0 amide bonds. The van der Waals surface area contributed by atoms with E-state index in [0.717, 1.165) is 50.5 Å². The van der Waals surface area contributed by atoms with E-state index in [2.05, 4.69) is 48.3 Å². The molecule has 0 heterocycles. The highest BCUT2D eigenvalue weighted by molar-refractivity contribution is 14.0.